The maximum Gasteiger partial charge on any atom is 0.135 e. The molecule has 1 aromatic rings. The van der Waals surface area contributed by atoms with Gasteiger partial charge >= 0.3 is 0 Å². The second-order valence-electron chi connectivity index (χ2n) is 3.58. The molecule has 1 aromatic heterocycles. The SMILES string of the molecule is COc1ccnc(C(O)C(N)=C2CC2)c1. The molecule has 4 nitrogen and oxygen atoms in total. The van der Waals surface area contributed by atoms with Gasteiger partial charge in [0.05, 0.1) is 12.8 Å². The summed E-state index contributed by atoms with van der Waals surface area (Å²) in [5.41, 5.74) is 8.00. The smallest absolute Gasteiger partial charge is 0.135 e. The monoisotopic (exact) mass is 206 g/mol. The summed E-state index contributed by atoms with van der Waals surface area (Å²) >= 11 is 0. The minimum absolute atomic E-state index is 0.534. The largest absolute Gasteiger partial charge is 0.497 e. The first-order chi connectivity index (χ1) is 7.22. The first kappa shape index (κ1) is 9.98. The summed E-state index contributed by atoms with van der Waals surface area (Å²) in [7, 11) is 1.58. The van der Waals surface area contributed by atoms with E-state index in [-0.39, 0.29) is 0 Å². The van der Waals surface area contributed by atoms with Crippen molar-refractivity contribution >= 4 is 0 Å². The minimum Gasteiger partial charge on any atom is -0.497 e. The zero-order chi connectivity index (χ0) is 10.8. The molecular formula is C11H14N2O2. The van der Waals surface area contributed by atoms with Crippen molar-refractivity contribution in [1.29, 1.82) is 0 Å². The molecule has 15 heavy (non-hydrogen) atoms. The Bertz CT molecular complexity index is 395. The molecule has 2 rings (SSSR count). The molecule has 1 atom stereocenters. The summed E-state index contributed by atoms with van der Waals surface area (Å²) in [5, 5.41) is 9.92. The van der Waals surface area contributed by atoms with Crippen LogP contribution in [0.15, 0.2) is 29.6 Å². The Morgan fingerprint density at radius 1 is 1.60 bits per heavy atom. The number of pyridine rings is 1. The standard InChI is InChI=1S/C11H14N2O2/c1-15-8-4-5-13-9(6-8)11(14)10(12)7-2-3-7/h4-6,11,14H,2-3,12H2,1H3. The zero-order valence-electron chi connectivity index (χ0n) is 8.60. The van der Waals surface area contributed by atoms with Gasteiger partial charge in [0, 0.05) is 18.0 Å². The molecule has 0 bridgehead atoms. The van der Waals surface area contributed by atoms with Gasteiger partial charge in [0.25, 0.3) is 0 Å². The fourth-order valence-corrected chi connectivity index (χ4v) is 1.41. The maximum atomic E-state index is 9.92. The molecule has 1 heterocycles. The van der Waals surface area contributed by atoms with Gasteiger partial charge in [-0.2, -0.15) is 0 Å². The van der Waals surface area contributed by atoms with E-state index in [4.69, 9.17) is 10.5 Å². The van der Waals surface area contributed by atoms with Crippen LogP contribution in [0.5, 0.6) is 5.75 Å². The molecule has 1 unspecified atom stereocenters. The van der Waals surface area contributed by atoms with Crippen molar-refractivity contribution in [2.75, 3.05) is 7.11 Å². The van der Waals surface area contributed by atoms with Crippen LogP contribution in [0.3, 0.4) is 0 Å². The maximum absolute atomic E-state index is 9.92. The van der Waals surface area contributed by atoms with E-state index >= 15 is 0 Å². The Morgan fingerprint density at radius 2 is 2.33 bits per heavy atom. The Balaban J connectivity index is 2.25. The van der Waals surface area contributed by atoms with E-state index in [2.05, 4.69) is 4.98 Å². The van der Waals surface area contributed by atoms with Gasteiger partial charge in [-0.1, -0.05) is 0 Å². The summed E-state index contributed by atoms with van der Waals surface area (Å²) in [4.78, 5) is 4.07. The normalized spacial score (nSPS) is 16.0. The Morgan fingerprint density at radius 3 is 2.93 bits per heavy atom. The summed E-state index contributed by atoms with van der Waals surface area (Å²) < 4.78 is 5.05. The van der Waals surface area contributed by atoms with E-state index in [1.54, 1.807) is 25.4 Å². The average molecular weight is 206 g/mol. The van der Waals surface area contributed by atoms with Gasteiger partial charge in [0.15, 0.2) is 0 Å². The summed E-state index contributed by atoms with van der Waals surface area (Å²) in [6.07, 6.45) is 2.78. The lowest BCUT2D eigenvalue weighted by atomic mass is 10.1. The van der Waals surface area contributed by atoms with E-state index < -0.39 is 6.10 Å². The van der Waals surface area contributed by atoms with Crippen LogP contribution in [0.1, 0.15) is 24.6 Å². The van der Waals surface area contributed by atoms with Crippen LogP contribution in [0.25, 0.3) is 0 Å². The number of methoxy groups -OCH3 is 1. The Kier molecular flexibility index (Phi) is 2.60. The summed E-state index contributed by atoms with van der Waals surface area (Å²) in [5.74, 6) is 0.674. The second-order valence-corrected chi connectivity index (χ2v) is 3.58. The molecule has 4 heteroatoms. The van der Waals surface area contributed by atoms with Crippen LogP contribution in [-0.4, -0.2) is 17.2 Å². The van der Waals surface area contributed by atoms with E-state index in [1.807, 2.05) is 0 Å². The summed E-state index contributed by atoms with van der Waals surface area (Å²) in [6, 6.07) is 3.43. The van der Waals surface area contributed by atoms with Crippen LogP contribution in [0.2, 0.25) is 0 Å². The molecule has 1 saturated carbocycles. The quantitative estimate of drug-likeness (QED) is 0.777. The number of allylic oxidation sites excluding steroid dienone is 1. The highest BCUT2D eigenvalue weighted by molar-refractivity contribution is 5.32. The number of nitrogens with zero attached hydrogens (tertiary/aromatic N) is 1. The third-order valence-corrected chi connectivity index (χ3v) is 2.47. The average Bonchev–Trinajstić information content (AvgIpc) is 3.11. The van der Waals surface area contributed by atoms with Crippen LogP contribution in [-0.2, 0) is 0 Å². The van der Waals surface area contributed by atoms with Crippen molar-refractivity contribution in [2.24, 2.45) is 5.73 Å². The van der Waals surface area contributed by atoms with Crippen molar-refractivity contribution in [3.8, 4) is 5.75 Å². The molecule has 0 radical (unpaired) electrons. The number of aliphatic hydroxyl groups excluding tert-OH is 1. The highest BCUT2D eigenvalue weighted by Gasteiger charge is 2.22. The molecule has 3 N–H and O–H groups in total. The van der Waals surface area contributed by atoms with Crippen LogP contribution in [0.4, 0.5) is 0 Å². The molecule has 0 amide bonds. The van der Waals surface area contributed by atoms with Gasteiger partial charge < -0.3 is 15.6 Å². The Labute approximate surface area is 88.4 Å². The topological polar surface area (TPSA) is 68.4 Å². The van der Waals surface area contributed by atoms with Gasteiger partial charge in [0.2, 0.25) is 0 Å². The van der Waals surface area contributed by atoms with Crippen molar-refractivity contribution in [3.05, 3.63) is 35.3 Å². The van der Waals surface area contributed by atoms with Crippen LogP contribution in [0, 0.1) is 0 Å². The van der Waals surface area contributed by atoms with Gasteiger partial charge in [-0.15, -0.1) is 0 Å². The minimum atomic E-state index is -0.808. The van der Waals surface area contributed by atoms with Crippen molar-refractivity contribution in [1.82, 2.24) is 4.98 Å². The lowest BCUT2D eigenvalue weighted by Crippen LogP contribution is -2.11. The predicted molar refractivity (Wildman–Crippen MR) is 56.2 cm³/mol. The number of hydrogen-bond acceptors (Lipinski definition) is 4. The van der Waals surface area contributed by atoms with E-state index in [9.17, 15) is 5.11 Å². The van der Waals surface area contributed by atoms with Gasteiger partial charge in [-0.25, -0.2) is 0 Å². The van der Waals surface area contributed by atoms with Crippen molar-refractivity contribution in [2.45, 2.75) is 18.9 Å². The first-order valence-corrected chi connectivity index (χ1v) is 4.87. The molecule has 1 aliphatic rings. The number of aliphatic hydroxyl groups is 1. The lowest BCUT2D eigenvalue weighted by Gasteiger charge is -2.11. The van der Waals surface area contributed by atoms with E-state index in [1.165, 1.54) is 0 Å². The number of ether oxygens (including phenoxy) is 1. The van der Waals surface area contributed by atoms with Crippen LogP contribution >= 0.6 is 0 Å². The first-order valence-electron chi connectivity index (χ1n) is 4.87. The highest BCUT2D eigenvalue weighted by atomic mass is 16.5. The molecule has 1 fully saturated rings. The molecule has 1 aliphatic carbocycles. The highest BCUT2D eigenvalue weighted by Crippen LogP contribution is 2.34. The molecule has 80 valence electrons. The van der Waals surface area contributed by atoms with Gasteiger partial charge in [-0.3, -0.25) is 4.98 Å². The second kappa shape index (κ2) is 3.90. The number of nitrogens with two attached hydrogens (primary N) is 1. The number of rotatable bonds is 3. The van der Waals surface area contributed by atoms with E-state index in [0.29, 0.717) is 17.1 Å². The third kappa shape index (κ3) is 2.10. The lowest BCUT2D eigenvalue weighted by molar-refractivity contribution is 0.208. The number of aromatic nitrogens is 1. The molecule has 0 aromatic carbocycles. The predicted octanol–water partition coefficient (Wildman–Crippen LogP) is 1.13. The fraction of sp³-hybridized carbons (Fsp3) is 0.364. The van der Waals surface area contributed by atoms with Gasteiger partial charge in [-0.05, 0) is 24.5 Å². The molecule has 0 saturated heterocycles. The fourth-order valence-electron chi connectivity index (χ4n) is 1.41. The summed E-state index contributed by atoms with van der Waals surface area (Å²) in [6.45, 7) is 0. The zero-order valence-corrected chi connectivity index (χ0v) is 8.60. The van der Waals surface area contributed by atoms with E-state index in [0.717, 1.165) is 18.4 Å². The number of hydrogen-bond donors (Lipinski definition) is 2. The molecule has 0 aliphatic heterocycles. The van der Waals surface area contributed by atoms with Gasteiger partial charge in [0.1, 0.15) is 11.9 Å². The molecular weight excluding hydrogens is 192 g/mol. The van der Waals surface area contributed by atoms with Crippen LogP contribution < -0.4 is 10.5 Å². The molecule has 0 spiro atoms. The third-order valence-electron chi connectivity index (χ3n) is 2.47. The Hall–Kier alpha value is -1.55. The van der Waals surface area contributed by atoms with Crippen molar-refractivity contribution < 1.29 is 9.84 Å². The van der Waals surface area contributed by atoms with Crippen molar-refractivity contribution in [3.63, 3.8) is 0 Å².